The van der Waals surface area contributed by atoms with Gasteiger partial charge in [-0.05, 0) is 6.92 Å². The van der Waals surface area contributed by atoms with E-state index in [2.05, 4.69) is 4.98 Å². The van der Waals surface area contributed by atoms with Gasteiger partial charge in [-0.1, -0.05) is 0 Å². The Morgan fingerprint density at radius 3 is 2.62 bits per heavy atom. The second-order valence-corrected chi connectivity index (χ2v) is 3.37. The van der Waals surface area contributed by atoms with E-state index in [4.69, 9.17) is 4.42 Å². The fraction of sp³-hybridized carbons (Fsp3) is 0.333. The van der Waals surface area contributed by atoms with Crippen LogP contribution in [0.3, 0.4) is 0 Å². The van der Waals surface area contributed by atoms with Crippen molar-refractivity contribution in [2.75, 3.05) is 0 Å². The minimum absolute atomic E-state index is 0.0898. The van der Waals surface area contributed by atoms with Gasteiger partial charge in [0.05, 0.1) is 0 Å². The van der Waals surface area contributed by atoms with Crippen molar-refractivity contribution in [1.82, 2.24) is 9.55 Å². The minimum atomic E-state index is -4.60. The van der Waals surface area contributed by atoms with Crippen LogP contribution in [0.25, 0.3) is 11.2 Å². The van der Waals surface area contributed by atoms with Gasteiger partial charge in [0.25, 0.3) is 0 Å². The predicted octanol–water partition coefficient (Wildman–Crippen LogP) is 1.85. The normalized spacial score (nSPS) is 12.3. The molecule has 0 amide bonds. The van der Waals surface area contributed by atoms with Crippen molar-refractivity contribution in [2.45, 2.75) is 13.1 Å². The van der Waals surface area contributed by atoms with E-state index in [0.29, 0.717) is 0 Å². The Balaban J connectivity index is 3.00. The summed E-state index contributed by atoms with van der Waals surface area (Å²) in [5.74, 6) is 0. The van der Waals surface area contributed by atoms with Gasteiger partial charge in [0, 0.05) is 12.6 Å². The van der Waals surface area contributed by atoms with Crippen molar-refractivity contribution in [1.29, 1.82) is 0 Å². The number of pyridine rings is 1. The summed E-state index contributed by atoms with van der Waals surface area (Å²) >= 11 is 0. The number of hydrogen-bond donors (Lipinski definition) is 0. The highest BCUT2D eigenvalue weighted by atomic mass is 19.4. The molecule has 0 atom stereocenters. The number of aromatic nitrogens is 2. The van der Waals surface area contributed by atoms with E-state index in [-0.39, 0.29) is 16.8 Å². The van der Waals surface area contributed by atoms with Crippen LogP contribution < -0.4 is 5.43 Å². The van der Waals surface area contributed by atoms with Crippen molar-refractivity contribution < 1.29 is 17.6 Å². The van der Waals surface area contributed by atoms with Crippen LogP contribution in [0, 0.1) is 6.92 Å². The van der Waals surface area contributed by atoms with Crippen LogP contribution in [0.4, 0.5) is 13.2 Å². The number of alkyl halides is 3. The molecule has 0 bridgehead atoms. The first-order chi connectivity index (χ1) is 7.34. The van der Waals surface area contributed by atoms with E-state index in [9.17, 15) is 18.0 Å². The summed E-state index contributed by atoms with van der Waals surface area (Å²) in [6.45, 7) is 1.12. The Labute approximate surface area is 87.3 Å². The Hall–Kier alpha value is -1.79. The van der Waals surface area contributed by atoms with Gasteiger partial charge in [-0.3, -0.25) is 4.79 Å². The molecule has 0 fully saturated rings. The highest BCUT2D eigenvalue weighted by molar-refractivity contribution is 5.69. The zero-order chi connectivity index (χ0) is 12.1. The lowest BCUT2D eigenvalue weighted by Crippen LogP contribution is -2.23. The van der Waals surface area contributed by atoms with Gasteiger partial charge in [-0.2, -0.15) is 13.2 Å². The first-order valence-corrected chi connectivity index (χ1v) is 4.34. The molecule has 0 N–H and O–H groups in total. The second-order valence-electron chi connectivity index (χ2n) is 3.37. The van der Waals surface area contributed by atoms with Gasteiger partial charge in [0.15, 0.2) is 11.9 Å². The van der Waals surface area contributed by atoms with Crippen LogP contribution in [0.5, 0.6) is 0 Å². The molecule has 2 aromatic rings. The number of hydrogen-bond acceptors (Lipinski definition) is 3. The largest absolute Gasteiger partial charge is 0.431 e. The monoisotopic (exact) mass is 232 g/mol. The van der Waals surface area contributed by atoms with E-state index in [1.54, 1.807) is 0 Å². The van der Waals surface area contributed by atoms with Crippen LogP contribution in [0.1, 0.15) is 11.3 Å². The number of fused-ring (bicyclic) bond motifs is 1. The third-order valence-electron chi connectivity index (χ3n) is 2.37. The Kier molecular flexibility index (Phi) is 2.08. The molecule has 0 unspecified atom stereocenters. The molecule has 0 saturated heterocycles. The van der Waals surface area contributed by atoms with Crippen LogP contribution in [-0.2, 0) is 13.2 Å². The highest BCUT2D eigenvalue weighted by Crippen LogP contribution is 2.31. The maximum Gasteiger partial charge on any atom is 0.431 e. The molecule has 0 saturated carbocycles. The molecular weight excluding hydrogens is 225 g/mol. The fourth-order valence-electron chi connectivity index (χ4n) is 1.67. The summed E-state index contributed by atoms with van der Waals surface area (Å²) in [4.78, 5) is 15.2. The van der Waals surface area contributed by atoms with Gasteiger partial charge in [-0.15, -0.1) is 0 Å². The van der Waals surface area contributed by atoms with E-state index in [1.807, 2.05) is 0 Å². The molecule has 16 heavy (non-hydrogen) atoms. The van der Waals surface area contributed by atoms with Gasteiger partial charge < -0.3 is 8.98 Å². The Morgan fingerprint density at radius 2 is 2.06 bits per heavy atom. The van der Waals surface area contributed by atoms with Crippen molar-refractivity contribution in [3.05, 3.63) is 27.9 Å². The van der Waals surface area contributed by atoms with Crippen LogP contribution >= 0.6 is 0 Å². The van der Waals surface area contributed by atoms with E-state index in [1.165, 1.54) is 7.05 Å². The maximum absolute atomic E-state index is 12.7. The predicted molar refractivity (Wildman–Crippen MR) is 49.0 cm³/mol. The number of rotatable bonds is 0. The molecule has 0 aliphatic heterocycles. The van der Waals surface area contributed by atoms with Crippen molar-refractivity contribution in [2.24, 2.45) is 7.05 Å². The SMILES string of the molecule is Cc1c(C(F)(F)F)n(C)c2ocnc2c1=O. The smallest absolute Gasteiger partial charge is 0.427 e. The summed E-state index contributed by atoms with van der Waals surface area (Å²) in [6, 6.07) is 0. The molecule has 86 valence electrons. The zero-order valence-corrected chi connectivity index (χ0v) is 8.42. The standard InChI is InChI=1S/C9H7F3N2O2/c1-4-6(15)5-8(16-3-13-5)14(2)7(4)9(10,11)12/h3H,1-2H3. The van der Waals surface area contributed by atoms with Crippen LogP contribution in [0.15, 0.2) is 15.6 Å². The van der Waals surface area contributed by atoms with Gasteiger partial charge in [0.2, 0.25) is 11.1 Å². The molecule has 7 heteroatoms. The topological polar surface area (TPSA) is 48.0 Å². The average Bonchev–Trinajstić information content (AvgIpc) is 2.61. The first kappa shape index (κ1) is 10.7. The van der Waals surface area contributed by atoms with Gasteiger partial charge in [-0.25, -0.2) is 4.98 Å². The lowest BCUT2D eigenvalue weighted by molar-refractivity contribution is -0.143. The maximum atomic E-state index is 12.7. The molecule has 0 aliphatic rings. The van der Waals surface area contributed by atoms with E-state index in [0.717, 1.165) is 17.9 Å². The number of halogens is 3. The molecular formula is C9H7F3N2O2. The molecule has 0 radical (unpaired) electrons. The Bertz CT molecular complexity index is 609. The van der Waals surface area contributed by atoms with E-state index >= 15 is 0 Å². The van der Waals surface area contributed by atoms with Crippen molar-refractivity contribution in [3.63, 3.8) is 0 Å². The average molecular weight is 232 g/mol. The molecule has 0 aromatic carbocycles. The second kappa shape index (κ2) is 3.10. The molecule has 0 spiro atoms. The minimum Gasteiger partial charge on any atom is -0.427 e. The van der Waals surface area contributed by atoms with Crippen LogP contribution in [-0.4, -0.2) is 9.55 Å². The molecule has 4 nitrogen and oxygen atoms in total. The summed E-state index contributed by atoms with van der Waals surface area (Å²) < 4.78 is 43.7. The molecule has 2 aromatic heterocycles. The summed E-state index contributed by atoms with van der Waals surface area (Å²) in [6.07, 6.45) is -3.65. The summed E-state index contributed by atoms with van der Waals surface area (Å²) in [5.41, 5.74) is -2.41. The van der Waals surface area contributed by atoms with E-state index < -0.39 is 17.3 Å². The highest BCUT2D eigenvalue weighted by Gasteiger charge is 2.37. The molecule has 0 aliphatic carbocycles. The lowest BCUT2D eigenvalue weighted by Gasteiger charge is -2.14. The lowest BCUT2D eigenvalue weighted by atomic mass is 10.2. The quantitative estimate of drug-likeness (QED) is 0.696. The third kappa shape index (κ3) is 1.31. The molecule has 2 rings (SSSR count). The van der Waals surface area contributed by atoms with Gasteiger partial charge >= 0.3 is 6.18 Å². The summed E-state index contributed by atoms with van der Waals surface area (Å²) in [7, 11) is 1.18. The van der Waals surface area contributed by atoms with Crippen molar-refractivity contribution >= 4 is 11.2 Å². The van der Waals surface area contributed by atoms with Gasteiger partial charge in [0.1, 0.15) is 5.69 Å². The Morgan fingerprint density at radius 1 is 1.44 bits per heavy atom. The number of nitrogens with zero attached hydrogens (tertiary/aromatic N) is 2. The number of oxazole rings is 1. The first-order valence-electron chi connectivity index (χ1n) is 4.34. The van der Waals surface area contributed by atoms with Crippen molar-refractivity contribution in [3.8, 4) is 0 Å². The fourth-order valence-corrected chi connectivity index (χ4v) is 1.67. The molecule has 2 heterocycles. The number of aryl methyl sites for hydroxylation is 1. The third-order valence-corrected chi connectivity index (χ3v) is 2.37. The van der Waals surface area contributed by atoms with Crippen LogP contribution in [0.2, 0.25) is 0 Å². The zero-order valence-electron chi connectivity index (χ0n) is 8.42. The summed E-state index contributed by atoms with van der Waals surface area (Å²) in [5, 5.41) is 0.